The van der Waals surface area contributed by atoms with E-state index in [1.807, 2.05) is 0 Å². The fourth-order valence-electron chi connectivity index (χ4n) is 3.80. The molecule has 1 aliphatic carbocycles. The largest absolute Gasteiger partial charge is 0.508 e. The van der Waals surface area contributed by atoms with Crippen molar-refractivity contribution in [1.82, 2.24) is 10.2 Å². The van der Waals surface area contributed by atoms with Crippen LogP contribution in [-0.4, -0.2) is 39.5 Å². The van der Waals surface area contributed by atoms with E-state index >= 15 is 0 Å². The van der Waals surface area contributed by atoms with Crippen molar-refractivity contribution in [3.05, 3.63) is 23.8 Å². The number of benzene rings is 1. The molecular weight excluding hydrogens is 308 g/mol. The van der Waals surface area contributed by atoms with Gasteiger partial charge in [-0.05, 0) is 36.5 Å². The zero-order chi connectivity index (χ0) is 17.1. The lowest BCUT2D eigenvalue weighted by Gasteiger charge is -2.49. The van der Waals surface area contributed by atoms with Gasteiger partial charge >= 0.3 is 11.8 Å². The highest BCUT2D eigenvalue weighted by Crippen LogP contribution is 2.35. The second kappa shape index (κ2) is 7.11. The van der Waals surface area contributed by atoms with Gasteiger partial charge in [0.25, 0.3) is 0 Å². The Morgan fingerprint density at radius 1 is 1.04 bits per heavy atom. The Kier molecular flexibility index (Phi) is 4.92. The molecule has 1 aromatic rings. The Morgan fingerprint density at radius 2 is 1.71 bits per heavy atom. The molecule has 6 nitrogen and oxygen atoms in total. The normalized spacial score (nSPS) is 23.4. The minimum absolute atomic E-state index is 0.0781. The van der Waals surface area contributed by atoms with Gasteiger partial charge in [0.05, 0.1) is 0 Å². The molecule has 130 valence electrons. The van der Waals surface area contributed by atoms with Crippen molar-refractivity contribution in [3.8, 4) is 11.5 Å². The number of amides is 2. The van der Waals surface area contributed by atoms with E-state index in [2.05, 4.69) is 5.32 Å². The lowest BCUT2D eigenvalue weighted by Crippen LogP contribution is -2.61. The van der Waals surface area contributed by atoms with Crippen molar-refractivity contribution < 1.29 is 19.8 Å². The van der Waals surface area contributed by atoms with Gasteiger partial charge in [-0.2, -0.15) is 0 Å². The lowest BCUT2D eigenvalue weighted by molar-refractivity contribution is -0.155. The van der Waals surface area contributed by atoms with Gasteiger partial charge in [0.15, 0.2) is 0 Å². The first-order valence-electron chi connectivity index (χ1n) is 8.65. The fourth-order valence-corrected chi connectivity index (χ4v) is 3.80. The molecule has 0 radical (unpaired) electrons. The number of fused-ring (bicyclic) bond motifs is 1. The summed E-state index contributed by atoms with van der Waals surface area (Å²) in [5, 5.41) is 21.4. The van der Waals surface area contributed by atoms with E-state index in [1.54, 1.807) is 4.90 Å². The highest BCUT2D eigenvalue weighted by molar-refractivity contribution is 6.35. The third-order valence-corrected chi connectivity index (χ3v) is 5.07. The number of phenols is 2. The summed E-state index contributed by atoms with van der Waals surface area (Å²) in [4.78, 5) is 26.2. The number of hydrogen-bond acceptors (Lipinski definition) is 4. The van der Waals surface area contributed by atoms with Crippen molar-refractivity contribution in [2.75, 3.05) is 6.54 Å². The summed E-state index contributed by atoms with van der Waals surface area (Å²) >= 11 is 0. The minimum atomic E-state index is -0.627. The van der Waals surface area contributed by atoms with Crippen LogP contribution in [0.15, 0.2) is 18.2 Å². The SMILES string of the molecule is O=C(NCc1cc(O)cc(O)c1)C(=O)N1CC2CCCCCCC21. The van der Waals surface area contributed by atoms with E-state index in [0.29, 0.717) is 18.0 Å². The molecule has 2 aliphatic rings. The number of aromatic hydroxyl groups is 2. The van der Waals surface area contributed by atoms with Crippen molar-refractivity contribution in [3.63, 3.8) is 0 Å². The summed E-state index contributed by atoms with van der Waals surface area (Å²) < 4.78 is 0. The Hall–Kier alpha value is -2.24. The van der Waals surface area contributed by atoms with Gasteiger partial charge < -0.3 is 20.4 Å². The van der Waals surface area contributed by atoms with Crippen LogP contribution in [0, 0.1) is 5.92 Å². The second-order valence-corrected chi connectivity index (χ2v) is 6.82. The monoisotopic (exact) mass is 332 g/mol. The van der Waals surface area contributed by atoms with Gasteiger partial charge in [-0.1, -0.05) is 25.7 Å². The van der Waals surface area contributed by atoms with Crippen molar-refractivity contribution in [1.29, 1.82) is 0 Å². The van der Waals surface area contributed by atoms with Crippen LogP contribution < -0.4 is 5.32 Å². The van der Waals surface area contributed by atoms with Crippen LogP contribution in [0.2, 0.25) is 0 Å². The molecule has 0 bridgehead atoms. The Bertz CT molecular complexity index is 611. The predicted octanol–water partition coefficient (Wildman–Crippen LogP) is 1.90. The maximum Gasteiger partial charge on any atom is 0.312 e. The molecule has 1 saturated heterocycles. The maximum absolute atomic E-state index is 12.3. The maximum atomic E-state index is 12.3. The third kappa shape index (κ3) is 3.63. The molecule has 2 unspecified atom stereocenters. The van der Waals surface area contributed by atoms with E-state index in [1.165, 1.54) is 37.5 Å². The van der Waals surface area contributed by atoms with E-state index in [-0.39, 0.29) is 24.1 Å². The molecular formula is C18H24N2O4. The number of rotatable bonds is 2. The topological polar surface area (TPSA) is 89.9 Å². The molecule has 0 spiro atoms. The smallest absolute Gasteiger partial charge is 0.312 e. The molecule has 3 N–H and O–H groups in total. The van der Waals surface area contributed by atoms with Gasteiger partial charge in [0.1, 0.15) is 11.5 Å². The number of nitrogens with zero attached hydrogens (tertiary/aromatic N) is 1. The highest BCUT2D eigenvalue weighted by Gasteiger charge is 2.43. The van der Waals surface area contributed by atoms with Crippen LogP contribution in [0.5, 0.6) is 11.5 Å². The predicted molar refractivity (Wildman–Crippen MR) is 88.3 cm³/mol. The number of nitrogens with one attached hydrogen (secondary N) is 1. The summed E-state index contributed by atoms with van der Waals surface area (Å²) in [5.41, 5.74) is 0.543. The van der Waals surface area contributed by atoms with Gasteiger partial charge in [-0.15, -0.1) is 0 Å². The molecule has 24 heavy (non-hydrogen) atoms. The van der Waals surface area contributed by atoms with Gasteiger partial charge in [-0.3, -0.25) is 9.59 Å². The first-order chi connectivity index (χ1) is 11.5. The standard InChI is InChI=1S/C18H24N2O4/c21-14-7-12(8-15(22)9-14)10-19-17(23)18(24)20-11-13-5-3-1-2-4-6-16(13)20/h7-9,13,16,21-22H,1-6,10-11H2,(H,19,23). The lowest BCUT2D eigenvalue weighted by atomic mass is 9.79. The van der Waals surface area contributed by atoms with Crippen LogP contribution in [0.3, 0.4) is 0 Å². The average Bonchev–Trinajstić information content (AvgIpc) is 2.50. The fraction of sp³-hybridized carbons (Fsp3) is 0.556. The summed E-state index contributed by atoms with van der Waals surface area (Å²) in [7, 11) is 0. The molecule has 0 aromatic heterocycles. The Labute approximate surface area is 141 Å². The Balaban J connectivity index is 1.54. The number of phenolic OH excluding ortho intramolecular Hbond substituents is 2. The van der Waals surface area contributed by atoms with E-state index in [9.17, 15) is 19.8 Å². The van der Waals surface area contributed by atoms with Crippen LogP contribution in [0.25, 0.3) is 0 Å². The third-order valence-electron chi connectivity index (χ3n) is 5.07. The van der Waals surface area contributed by atoms with Crippen LogP contribution in [-0.2, 0) is 16.1 Å². The van der Waals surface area contributed by atoms with E-state index < -0.39 is 11.8 Å². The molecule has 2 amide bonds. The minimum Gasteiger partial charge on any atom is -0.508 e. The average molecular weight is 332 g/mol. The van der Waals surface area contributed by atoms with Crippen molar-refractivity contribution in [2.45, 2.75) is 51.1 Å². The summed E-state index contributed by atoms with van der Waals surface area (Å²) in [6.45, 7) is 0.776. The number of likely N-dealkylation sites (tertiary alicyclic amines) is 1. The molecule has 6 heteroatoms. The second-order valence-electron chi connectivity index (χ2n) is 6.82. The van der Waals surface area contributed by atoms with Crippen LogP contribution >= 0.6 is 0 Å². The van der Waals surface area contributed by atoms with Crippen molar-refractivity contribution in [2.24, 2.45) is 5.92 Å². The summed E-state index contributed by atoms with van der Waals surface area (Å²) in [6.07, 6.45) is 6.96. The molecule has 3 rings (SSSR count). The number of carbonyl (C=O) groups excluding carboxylic acids is 2. The van der Waals surface area contributed by atoms with Crippen LogP contribution in [0.1, 0.15) is 44.1 Å². The molecule has 2 atom stereocenters. The molecule has 1 heterocycles. The van der Waals surface area contributed by atoms with E-state index in [0.717, 1.165) is 19.3 Å². The summed E-state index contributed by atoms with van der Waals surface area (Å²) in [6, 6.07) is 4.32. The molecule has 1 saturated carbocycles. The quantitative estimate of drug-likeness (QED) is 0.722. The molecule has 1 aromatic carbocycles. The number of hydrogen-bond donors (Lipinski definition) is 3. The van der Waals surface area contributed by atoms with Crippen molar-refractivity contribution >= 4 is 11.8 Å². The van der Waals surface area contributed by atoms with Gasteiger partial charge in [0, 0.05) is 25.2 Å². The zero-order valence-electron chi connectivity index (χ0n) is 13.7. The molecule has 1 aliphatic heterocycles. The summed E-state index contributed by atoms with van der Waals surface area (Å²) in [5.74, 6) is -0.707. The Morgan fingerprint density at radius 3 is 2.42 bits per heavy atom. The highest BCUT2D eigenvalue weighted by atomic mass is 16.3. The van der Waals surface area contributed by atoms with E-state index in [4.69, 9.17) is 0 Å². The zero-order valence-corrected chi connectivity index (χ0v) is 13.7. The number of carbonyl (C=O) groups is 2. The van der Waals surface area contributed by atoms with Gasteiger partial charge in [0.2, 0.25) is 0 Å². The first kappa shape index (κ1) is 16.6. The molecule has 2 fully saturated rings. The first-order valence-corrected chi connectivity index (χ1v) is 8.65. The van der Waals surface area contributed by atoms with Gasteiger partial charge in [-0.25, -0.2) is 0 Å². The van der Waals surface area contributed by atoms with Crippen LogP contribution in [0.4, 0.5) is 0 Å².